The Morgan fingerprint density at radius 3 is 3.00 bits per heavy atom. The number of aromatic nitrogens is 2. The molecule has 0 aliphatic carbocycles. The fourth-order valence-electron chi connectivity index (χ4n) is 1.08. The summed E-state index contributed by atoms with van der Waals surface area (Å²) in [6.45, 7) is 0.355. The van der Waals surface area contributed by atoms with Crippen molar-refractivity contribution < 1.29 is 4.92 Å². The number of nitrogens with zero attached hydrogens (tertiary/aromatic N) is 4. The van der Waals surface area contributed by atoms with Gasteiger partial charge in [0, 0.05) is 30.0 Å². The van der Waals surface area contributed by atoms with Gasteiger partial charge in [0.2, 0.25) is 5.13 Å². The van der Waals surface area contributed by atoms with Crippen LogP contribution in [0.5, 0.6) is 0 Å². The fraction of sp³-hybridized carbons (Fsp3) is 0.625. The first-order valence-corrected chi connectivity index (χ1v) is 7.06. The van der Waals surface area contributed by atoms with Gasteiger partial charge < -0.3 is 11.1 Å². The molecule has 1 aromatic heterocycles. The van der Waals surface area contributed by atoms with E-state index in [-0.39, 0.29) is 6.54 Å². The third-order valence-electron chi connectivity index (χ3n) is 1.83. The molecule has 0 unspecified atom stereocenters. The Kier molecular flexibility index (Phi) is 6.36. The van der Waals surface area contributed by atoms with E-state index in [0.29, 0.717) is 17.5 Å². The highest BCUT2D eigenvalue weighted by atomic mass is 32.2. The van der Waals surface area contributed by atoms with Gasteiger partial charge in [-0.25, -0.2) is 0 Å². The molecule has 18 heavy (non-hydrogen) atoms. The van der Waals surface area contributed by atoms with Crippen LogP contribution in [0.1, 0.15) is 5.01 Å². The summed E-state index contributed by atoms with van der Waals surface area (Å²) in [7, 11) is 1.53. The lowest BCUT2D eigenvalue weighted by atomic mass is 10.5. The SMILES string of the molecule is CN=C(C[N+](=O)[O-])NCCSCc1nnc(N)s1. The normalized spacial score (nSPS) is 11.5. The number of nitrogens with two attached hydrogens (primary N) is 1. The first-order valence-electron chi connectivity index (χ1n) is 5.08. The Balaban J connectivity index is 2.13. The Hall–Kier alpha value is -1.42. The average molecular weight is 290 g/mol. The zero-order valence-electron chi connectivity index (χ0n) is 9.83. The molecule has 0 saturated carbocycles. The molecule has 1 heterocycles. The number of anilines is 1. The predicted octanol–water partition coefficient (Wildman–Crippen LogP) is 0.248. The topological polar surface area (TPSA) is 119 Å². The summed E-state index contributed by atoms with van der Waals surface area (Å²) in [6, 6.07) is 0. The van der Waals surface area contributed by atoms with Crippen LogP contribution in [0.15, 0.2) is 4.99 Å². The summed E-state index contributed by atoms with van der Waals surface area (Å²) < 4.78 is 0. The zero-order valence-corrected chi connectivity index (χ0v) is 11.5. The molecule has 0 bridgehead atoms. The lowest BCUT2D eigenvalue weighted by Crippen LogP contribution is -2.31. The van der Waals surface area contributed by atoms with Crippen LogP contribution in [-0.4, -0.2) is 46.8 Å². The second-order valence-electron chi connectivity index (χ2n) is 3.17. The number of nitrogens with one attached hydrogen (secondary N) is 1. The fourth-order valence-corrected chi connectivity index (χ4v) is 2.59. The smallest absolute Gasteiger partial charge is 0.259 e. The van der Waals surface area contributed by atoms with Crippen molar-refractivity contribution in [3.05, 3.63) is 15.1 Å². The molecule has 1 aromatic rings. The Bertz CT molecular complexity index is 421. The van der Waals surface area contributed by atoms with E-state index in [9.17, 15) is 10.1 Å². The molecule has 100 valence electrons. The number of thioether (sulfide) groups is 1. The summed E-state index contributed by atoms with van der Waals surface area (Å²) in [5.41, 5.74) is 5.46. The Labute approximate surface area is 112 Å². The second kappa shape index (κ2) is 7.82. The Morgan fingerprint density at radius 1 is 1.67 bits per heavy atom. The molecule has 3 N–H and O–H groups in total. The molecule has 0 radical (unpaired) electrons. The first kappa shape index (κ1) is 14.6. The van der Waals surface area contributed by atoms with Gasteiger partial charge >= 0.3 is 0 Å². The van der Waals surface area contributed by atoms with Crippen molar-refractivity contribution in [3.8, 4) is 0 Å². The van der Waals surface area contributed by atoms with E-state index in [1.807, 2.05) is 0 Å². The van der Waals surface area contributed by atoms with E-state index in [0.717, 1.165) is 16.5 Å². The quantitative estimate of drug-likeness (QED) is 0.243. The minimum atomic E-state index is -0.410. The van der Waals surface area contributed by atoms with Gasteiger partial charge in [-0.1, -0.05) is 11.3 Å². The summed E-state index contributed by atoms with van der Waals surface area (Å²) in [6.07, 6.45) is 0. The number of aliphatic imine (C=N–C) groups is 1. The van der Waals surface area contributed by atoms with E-state index >= 15 is 0 Å². The number of rotatable bonds is 7. The lowest BCUT2D eigenvalue weighted by molar-refractivity contribution is -0.463. The molecule has 0 atom stereocenters. The molecular formula is C8H14N6O2S2. The van der Waals surface area contributed by atoms with Crippen molar-refractivity contribution in [2.75, 3.05) is 31.6 Å². The molecule has 0 aromatic carbocycles. The van der Waals surface area contributed by atoms with Gasteiger partial charge in [0.1, 0.15) is 5.01 Å². The largest absolute Gasteiger partial charge is 0.374 e. The van der Waals surface area contributed by atoms with Crippen LogP contribution in [0.4, 0.5) is 5.13 Å². The van der Waals surface area contributed by atoms with Gasteiger partial charge in [-0.2, -0.15) is 11.8 Å². The van der Waals surface area contributed by atoms with Crippen LogP contribution in [0.2, 0.25) is 0 Å². The standard InChI is InChI=1S/C8H14N6O2S2/c1-10-6(4-14(15)16)11-2-3-17-5-7-12-13-8(9)18-7/h2-5H2,1H3,(H2,9,13)(H,10,11). The minimum absolute atomic E-state index is 0.270. The van der Waals surface area contributed by atoms with Crippen molar-refractivity contribution in [2.24, 2.45) is 4.99 Å². The van der Waals surface area contributed by atoms with Crippen LogP contribution in [-0.2, 0) is 5.75 Å². The summed E-state index contributed by atoms with van der Waals surface area (Å²) >= 11 is 3.02. The molecule has 10 heteroatoms. The van der Waals surface area contributed by atoms with E-state index in [1.165, 1.54) is 18.4 Å². The molecular weight excluding hydrogens is 276 g/mol. The third kappa shape index (κ3) is 5.77. The van der Waals surface area contributed by atoms with E-state index in [2.05, 4.69) is 20.5 Å². The summed E-state index contributed by atoms with van der Waals surface area (Å²) in [4.78, 5) is 13.7. The molecule has 0 aliphatic rings. The van der Waals surface area contributed by atoms with Crippen LogP contribution >= 0.6 is 23.1 Å². The second-order valence-corrected chi connectivity index (χ2v) is 5.37. The highest BCUT2D eigenvalue weighted by Crippen LogP contribution is 2.17. The average Bonchev–Trinajstić information content (AvgIpc) is 2.72. The van der Waals surface area contributed by atoms with Gasteiger partial charge in [-0.05, 0) is 0 Å². The summed E-state index contributed by atoms with van der Waals surface area (Å²) in [5.74, 6) is 1.93. The molecule has 8 nitrogen and oxygen atoms in total. The molecule has 0 amide bonds. The van der Waals surface area contributed by atoms with Crippen molar-refractivity contribution in [1.29, 1.82) is 0 Å². The van der Waals surface area contributed by atoms with Crippen LogP contribution in [0.3, 0.4) is 0 Å². The first-order chi connectivity index (χ1) is 8.61. The minimum Gasteiger partial charge on any atom is -0.374 e. The zero-order chi connectivity index (χ0) is 13.4. The number of hydrogen-bond donors (Lipinski definition) is 2. The van der Waals surface area contributed by atoms with Crippen molar-refractivity contribution >= 4 is 34.1 Å². The number of nitro groups is 1. The molecule has 0 fully saturated rings. The number of nitrogen functional groups attached to an aromatic ring is 1. The lowest BCUT2D eigenvalue weighted by Gasteiger charge is -2.04. The maximum Gasteiger partial charge on any atom is 0.259 e. The van der Waals surface area contributed by atoms with Crippen LogP contribution in [0, 0.1) is 10.1 Å². The van der Waals surface area contributed by atoms with Crippen molar-refractivity contribution in [1.82, 2.24) is 15.5 Å². The molecule has 0 spiro atoms. The van der Waals surface area contributed by atoms with E-state index in [4.69, 9.17) is 5.73 Å². The summed E-state index contributed by atoms with van der Waals surface area (Å²) in [5, 5.41) is 22.2. The van der Waals surface area contributed by atoms with Crippen molar-refractivity contribution in [3.63, 3.8) is 0 Å². The van der Waals surface area contributed by atoms with Gasteiger partial charge in [-0.3, -0.25) is 15.1 Å². The van der Waals surface area contributed by atoms with Gasteiger partial charge in [0.05, 0.1) is 0 Å². The maximum atomic E-state index is 10.3. The van der Waals surface area contributed by atoms with Crippen LogP contribution < -0.4 is 11.1 Å². The molecule has 0 saturated heterocycles. The van der Waals surface area contributed by atoms with Gasteiger partial charge in [0.15, 0.2) is 5.84 Å². The van der Waals surface area contributed by atoms with E-state index < -0.39 is 4.92 Å². The Morgan fingerprint density at radius 2 is 2.44 bits per heavy atom. The molecule has 1 rings (SSSR count). The third-order valence-corrected chi connectivity index (χ3v) is 3.74. The monoisotopic (exact) mass is 290 g/mol. The number of hydrogen-bond acceptors (Lipinski definition) is 8. The van der Waals surface area contributed by atoms with Gasteiger partial charge in [0.25, 0.3) is 6.54 Å². The highest BCUT2D eigenvalue weighted by Gasteiger charge is 2.05. The molecule has 0 aliphatic heterocycles. The highest BCUT2D eigenvalue weighted by molar-refractivity contribution is 7.98. The van der Waals surface area contributed by atoms with E-state index in [1.54, 1.807) is 11.8 Å². The van der Waals surface area contributed by atoms with Crippen molar-refractivity contribution in [2.45, 2.75) is 5.75 Å². The predicted molar refractivity (Wildman–Crippen MR) is 73.7 cm³/mol. The van der Waals surface area contributed by atoms with Crippen LogP contribution in [0.25, 0.3) is 0 Å². The van der Waals surface area contributed by atoms with Gasteiger partial charge in [-0.15, -0.1) is 10.2 Å². The maximum absolute atomic E-state index is 10.3. The number of amidine groups is 1.